The molecule has 1 saturated heterocycles. The molecule has 7 nitrogen and oxygen atoms in total. The summed E-state index contributed by atoms with van der Waals surface area (Å²) in [7, 11) is 0. The molecular formula is C21H24N4O3. The lowest BCUT2D eigenvalue weighted by molar-refractivity contribution is -0.125. The topological polar surface area (TPSA) is 76.6 Å². The van der Waals surface area contributed by atoms with Gasteiger partial charge in [-0.05, 0) is 55.4 Å². The Balaban J connectivity index is 1.20. The van der Waals surface area contributed by atoms with E-state index in [1.54, 1.807) is 0 Å². The first kappa shape index (κ1) is 17.3. The van der Waals surface area contributed by atoms with Crippen molar-refractivity contribution in [2.45, 2.75) is 38.6 Å². The second-order valence-corrected chi connectivity index (χ2v) is 7.68. The summed E-state index contributed by atoms with van der Waals surface area (Å²) in [6, 6.07) is 5.76. The van der Waals surface area contributed by atoms with E-state index in [0.29, 0.717) is 13.0 Å². The van der Waals surface area contributed by atoms with E-state index >= 15 is 0 Å². The van der Waals surface area contributed by atoms with E-state index in [2.05, 4.69) is 15.2 Å². The molecule has 2 aliphatic heterocycles. The van der Waals surface area contributed by atoms with Crippen LogP contribution in [-0.4, -0.2) is 35.8 Å². The maximum atomic E-state index is 12.7. The number of carbonyl (C=O) groups excluding carboxylic acids is 1. The van der Waals surface area contributed by atoms with Crippen LogP contribution in [0.1, 0.15) is 36.1 Å². The molecule has 3 aliphatic rings. The van der Waals surface area contributed by atoms with Crippen molar-refractivity contribution in [3.8, 4) is 11.5 Å². The van der Waals surface area contributed by atoms with Gasteiger partial charge < -0.3 is 19.7 Å². The number of rotatable bonds is 4. The highest BCUT2D eigenvalue weighted by Crippen LogP contribution is 2.32. The van der Waals surface area contributed by atoms with Gasteiger partial charge in [0.15, 0.2) is 11.5 Å². The van der Waals surface area contributed by atoms with E-state index < -0.39 is 0 Å². The number of benzene rings is 1. The summed E-state index contributed by atoms with van der Waals surface area (Å²) in [6.45, 7) is 2.84. The highest BCUT2D eigenvalue weighted by molar-refractivity contribution is 5.79. The Labute approximate surface area is 164 Å². The van der Waals surface area contributed by atoms with E-state index in [1.807, 2.05) is 24.4 Å². The van der Waals surface area contributed by atoms with Crippen molar-refractivity contribution in [3.63, 3.8) is 0 Å². The van der Waals surface area contributed by atoms with Crippen molar-refractivity contribution in [2.24, 2.45) is 5.92 Å². The molecule has 1 amide bonds. The second-order valence-electron chi connectivity index (χ2n) is 7.68. The van der Waals surface area contributed by atoms with Gasteiger partial charge in [0.05, 0.1) is 0 Å². The number of anilines is 1. The maximum absolute atomic E-state index is 12.7. The highest BCUT2D eigenvalue weighted by Gasteiger charge is 2.27. The van der Waals surface area contributed by atoms with Gasteiger partial charge in [-0.15, -0.1) is 0 Å². The Hall–Kier alpha value is -2.83. The summed E-state index contributed by atoms with van der Waals surface area (Å²) in [5.41, 5.74) is 3.22. The van der Waals surface area contributed by atoms with Crippen molar-refractivity contribution in [1.29, 1.82) is 0 Å². The van der Waals surface area contributed by atoms with Gasteiger partial charge in [0.2, 0.25) is 18.6 Å². The molecular weight excluding hydrogens is 356 g/mol. The zero-order chi connectivity index (χ0) is 18.9. The number of fused-ring (bicyclic) bond motifs is 2. The predicted molar refractivity (Wildman–Crippen MR) is 103 cm³/mol. The van der Waals surface area contributed by atoms with Crippen LogP contribution >= 0.6 is 0 Å². The number of amides is 1. The summed E-state index contributed by atoms with van der Waals surface area (Å²) >= 11 is 0. The number of hydrogen-bond acceptors (Lipinski definition) is 6. The van der Waals surface area contributed by atoms with E-state index in [0.717, 1.165) is 60.2 Å². The van der Waals surface area contributed by atoms with Crippen LogP contribution in [0.5, 0.6) is 11.5 Å². The number of aromatic nitrogens is 2. The number of carbonyl (C=O) groups is 1. The Kier molecular flexibility index (Phi) is 4.50. The molecule has 28 heavy (non-hydrogen) atoms. The third-order valence-electron chi connectivity index (χ3n) is 5.80. The molecule has 146 valence electrons. The van der Waals surface area contributed by atoms with Crippen molar-refractivity contribution >= 4 is 11.9 Å². The molecule has 1 aliphatic carbocycles. The van der Waals surface area contributed by atoms with Gasteiger partial charge in [-0.1, -0.05) is 6.07 Å². The highest BCUT2D eigenvalue weighted by atomic mass is 16.7. The zero-order valence-electron chi connectivity index (χ0n) is 15.8. The number of ether oxygens (including phenoxy) is 2. The molecule has 0 unspecified atom stereocenters. The van der Waals surface area contributed by atoms with Gasteiger partial charge in [-0.2, -0.15) is 0 Å². The van der Waals surface area contributed by atoms with Gasteiger partial charge in [0, 0.05) is 37.4 Å². The average molecular weight is 380 g/mol. The third-order valence-corrected chi connectivity index (χ3v) is 5.80. The first-order valence-electron chi connectivity index (χ1n) is 10.0. The molecule has 0 spiro atoms. The van der Waals surface area contributed by atoms with Crippen LogP contribution in [0.2, 0.25) is 0 Å². The standard InChI is InChI=1S/C21H24N4O3/c26-20(22-11-14-3-6-18-19(9-14)28-13-27-18)15-4-5-17-16(10-15)12-23-21(24-17)25-7-1-2-8-25/h3,6,9,12,15H,1-2,4-5,7-8,10-11,13H2,(H,22,26)/t15-/m1/s1. The second kappa shape index (κ2) is 7.30. The van der Waals surface area contributed by atoms with Gasteiger partial charge in [-0.25, -0.2) is 9.97 Å². The van der Waals surface area contributed by atoms with Crippen molar-refractivity contribution < 1.29 is 14.3 Å². The van der Waals surface area contributed by atoms with Crippen molar-refractivity contribution in [2.75, 3.05) is 24.8 Å². The van der Waals surface area contributed by atoms with Crippen LogP contribution < -0.4 is 19.7 Å². The number of nitrogens with one attached hydrogen (secondary N) is 1. The molecule has 1 aromatic carbocycles. The molecule has 3 heterocycles. The molecule has 0 saturated carbocycles. The summed E-state index contributed by atoms with van der Waals surface area (Å²) in [5.74, 6) is 2.41. The van der Waals surface area contributed by atoms with Gasteiger partial charge >= 0.3 is 0 Å². The van der Waals surface area contributed by atoms with Gasteiger partial charge in [0.1, 0.15) is 0 Å². The summed E-state index contributed by atoms with van der Waals surface area (Å²) in [4.78, 5) is 24.3. The largest absolute Gasteiger partial charge is 0.454 e. The lowest BCUT2D eigenvalue weighted by Crippen LogP contribution is -2.34. The van der Waals surface area contributed by atoms with Crippen LogP contribution in [0.15, 0.2) is 24.4 Å². The molecule has 2 aromatic rings. The van der Waals surface area contributed by atoms with Gasteiger partial charge in [-0.3, -0.25) is 4.79 Å². The van der Waals surface area contributed by atoms with Crippen molar-refractivity contribution in [3.05, 3.63) is 41.2 Å². The summed E-state index contributed by atoms with van der Waals surface area (Å²) < 4.78 is 10.7. The summed E-state index contributed by atoms with van der Waals surface area (Å²) in [5, 5.41) is 3.06. The summed E-state index contributed by atoms with van der Waals surface area (Å²) in [6.07, 6.45) is 6.73. The minimum absolute atomic E-state index is 0.0252. The zero-order valence-corrected chi connectivity index (χ0v) is 15.8. The molecule has 7 heteroatoms. The Morgan fingerprint density at radius 2 is 2.07 bits per heavy atom. The fourth-order valence-electron chi connectivity index (χ4n) is 4.17. The average Bonchev–Trinajstić information content (AvgIpc) is 3.42. The number of nitrogens with zero attached hydrogens (tertiary/aromatic N) is 3. The molecule has 1 fully saturated rings. The van der Waals surface area contributed by atoms with Crippen molar-refractivity contribution in [1.82, 2.24) is 15.3 Å². The van der Waals surface area contributed by atoms with Crippen LogP contribution in [0.4, 0.5) is 5.95 Å². The first-order valence-corrected chi connectivity index (χ1v) is 10.0. The predicted octanol–water partition coefficient (Wildman–Crippen LogP) is 2.23. The Morgan fingerprint density at radius 3 is 2.96 bits per heavy atom. The smallest absolute Gasteiger partial charge is 0.231 e. The number of hydrogen-bond donors (Lipinski definition) is 1. The maximum Gasteiger partial charge on any atom is 0.231 e. The van der Waals surface area contributed by atoms with Crippen LogP contribution in [-0.2, 0) is 24.2 Å². The molecule has 0 radical (unpaired) electrons. The first-order chi connectivity index (χ1) is 13.8. The van der Waals surface area contributed by atoms with Crippen LogP contribution in [0.3, 0.4) is 0 Å². The quantitative estimate of drug-likeness (QED) is 0.877. The Bertz CT molecular complexity index is 895. The minimum Gasteiger partial charge on any atom is -0.454 e. The normalized spacial score (nSPS) is 20.1. The number of aryl methyl sites for hydroxylation is 1. The van der Waals surface area contributed by atoms with Crippen LogP contribution in [0, 0.1) is 5.92 Å². The molecule has 0 bridgehead atoms. The van der Waals surface area contributed by atoms with E-state index in [9.17, 15) is 4.79 Å². The monoisotopic (exact) mass is 380 g/mol. The lowest BCUT2D eigenvalue weighted by atomic mass is 9.86. The molecule has 1 N–H and O–H groups in total. The fourth-order valence-corrected chi connectivity index (χ4v) is 4.17. The van der Waals surface area contributed by atoms with Crippen LogP contribution in [0.25, 0.3) is 0 Å². The molecule has 5 rings (SSSR count). The lowest BCUT2D eigenvalue weighted by Gasteiger charge is -2.24. The third kappa shape index (κ3) is 3.37. The van der Waals surface area contributed by atoms with E-state index in [-0.39, 0.29) is 18.6 Å². The fraction of sp³-hybridized carbons (Fsp3) is 0.476. The minimum atomic E-state index is -0.0252. The Morgan fingerprint density at radius 1 is 1.21 bits per heavy atom. The van der Waals surface area contributed by atoms with E-state index in [4.69, 9.17) is 14.5 Å². The van der Waals surface area contributed by atoms with Gasteiger partial charge in [0.25, 0.3) is 0 Å². The molecule has 1 aromatic heterocycles. The van der Waals surface area contributed by atoms with E-state index in [1.165, 1.54) is 12.8 Å². The SMILES string of the molecule is O=C(NCc1ccc2c(c1)OCO2)[C@@H]1CCc2nc(N3CCCC3)ncc2C1. The molecule has 1 atom stereocenters.